The van der Waals surface area contributed by atoms with Crippen molar-refractivity contribution < 1.29 is 8.42 Å². The molecular weight excluding hydrogens is 224 g/mol. The van der Waals surface area contributed by atoms with Gasteiger partial charge in [0.05, 0.1) is 11.5 Å². The molecular formula is C11H22N2O2S. The normalized spacial score (nSPS) is 29.3. The van der Waals surface area contributed by atoms with Crippen molar-refractivity contribution >= 4 is 9.84 Å². The van der Waals surface area contributed by atoms with Gasteiger partial charge in [0.1, 0.15) is 0 Å². The smallest absolute Gasteiger partial charge is 0.151 e. The molecule has 0 aromatic carbocycles. The third-order valence-corrected chi connectivity index (χ3v) is 5.64. The molecule has 0 bridgehead atoms. The van der Waals surface area contributed by atoms with Gasteiger partial charge in [-0.25, -0.2) is 8.42 Å². The van der Waals surface area contributed by atoms with E-state index in [9.17, 15) is 8.42 Å². The third kappa shape index (κ3) is 3.18. The van der Waals surface area contributed by atoms with Gasteiger partial charge in [-0.05, 0) is 45.2 Å². The quantitative estimate of drug-likeness (QED) is 0.782. The van der Waals surface area contributed by atoms with Gasteiger partial charge >= 0.3 is 0 Å². The van der Waals surface area contributed by atoms with E-state index in [1.165, 1.54) is 6.42 Å². The third-order valence-electron chi connectivity index (χ3n) is 3.92. The van der Waals surface area contributed by atoms with Gasteiger partial charge in [0.15, 0.2) is 9.84 Å². The van der Waals surface area contributed by atoms with Crippen LogP contribution in [0.15, 0.2) is 0 Å². The molecule has 1 aliphatic carbocycles. The predicted octanol–water partition coefficient (Wildman–Crippen LogP) is 0.378. The number of nitrogens with zero attached hydrogens (tertiary/aromatic N) is 1. The average Bonchev–Trinajstić information content (AvgIpc) is 2.34. The highest BCUT2D eigenvalue weighted by molar-refractivity contribution is 7.91. The topological polar surface area (TPSA) is 63.4 Å². The molecule has 16 heavy (non-hydrogen) atoms. The van der Waals surface area contributed by atoms with E-state index in [-0.39, 0.29) is 5.54 Å². The van der Waals surface area contributed by atoms with Crippen LogP contribution in [0.2, 0.25) is 0 Å². The molecule has 0 atom stereocenters. The molecule has 1 aliphatic heterocycles. The summed E-state index contributed by atoms with van der Waals surface area (Å²) in [5.74, 6) is 0.682. The summed E-state index contributed by atoms with van der Waals surface area (Å²) in [6.45, 7) is 2.57. The second kappa shape index (κ2) is 4.63. The Balaban J connectivity index is 1.77. The minimum atomic E-state index is -2.77. The van der Waals surface area contributed by atoms with Crippen LogP contribution in [-0.2, 0) is 9.84 Å². The average molecular weight is 246 g/mol. The Morgan fingerprint density at radius 2 is 1.88 bits per heavy atom. The molecule has 5 heteroatoms. The highest BCUT2D eigenvalue weighted by Gasteiger charge is 2.32. The summed E-state index contributed by atoms with van der Waals surface area (Å²) in [5, 5.41) is 0. The second-order valence-electron chi connectivity index (χ2n) is 5.31. The van der Waals surface area contributed by atoms with E-state index < -0.39 is 9.84 Å². The maximum atomic E-state index is 11.4. The predicted molar refractivity (Wildman–Crippen MR) is 65.1 cm³/mol. The Kier molecular flexibility index (Phi) is 3.56. The lowest BCUT2D eigenvalue weighted by Crippen LogP contribution is -2.49. The minimum absolute atomic E-state index is 0.0607. The molecule has 0 unspecified atom stereocenters. The zero-order valence-corrected chi connectivity index (χ0v) is 10.6. The highest BCUT2D eigenvalue weighted by atomic mass is 32.2. The molecule has 2 fully saturated rings. The zero-order chi connectivity index (χ0) is 11.6. The summed E-state index contributed by atoms with van der Waals surface area (Å²) in [5.41, 5.74) is 6.23. The van der Waals surface area contributed by atoms with Crippen LogP contribution in [0.4, 0.5) is 0 Å². The molecule has 2 N–H and O–H groups in total. The molecule has 0 aromatic heterocycles. The lowest BCUT2D eigenvalue weighted by Gasteiger charge is -2.39. The fourth-order valence-electron chi connectivity index (χ4n) is 2.48. The standard InChI is InChI=1S/C11H22N2O2S/c12-11(3-1-4-11)5-7-13-6-2-9-16(14,15)10-8-13/h1-10,12H2. The number of rotatable bonds is 3. The fourth-order valence-corrected chi connectivity index (χ4v) is 3.78. The Bertz CT molecular complexity index is 336. The Labute approximate surface area is 98.1 Å². The van der Waals surface area contributed by atoms with Crippen LogP contribution in [0.3, 0.4) is 0 Å². The SMILES string of the molecule is NC1(CCN2CCCS(=O)(=O)CC2)CCC1. The molecule has 0 radical (unpaired) electrons. The van der Waals surface area contributed by atoms with Crippen molar-refractivity contribution in [3.05, 3.63) is 0 Å². The van der Waals surface area contributed by atoms with Crippen LogP contribution < -0.4 is 5.73 Å². The Hall–Kier alpha value is -0.130. The summed E-state index contributed by atoms with van der Waals surface area (Å²) < 4.78 is 22.9. The van der Waals surface area contributed by atoms with E-state index in [1.807, 2.05) is 0 Å². The van der Waals surface area contributed by atoms with Gasteiger partial charge in [-0.3, -0.25) is 0 Å². The van der Waals surface area contributed by atoms with Crippen LogP contribution in [-0.4, -0.2) is 50.0 Å². The lowest BCUT2D eigenvalue weighted by atomic mass is 9.75. The maximum Gasteiger partial charge on any atom is 0.151 e. The molecule has 1 saturated carbocycles. The van der Waals surface area contributed by atoms with Gasteiger partial charge in [-0.15, -0.1) is 0 Å². The summed E-state index contributed by atoms with van der Waals surface area (Å²) in [4.78, 5) is 2.26. The molecule has 0 aromatic rings. The van der Waals surface area contributed by atoms with Crippen LogP contribution in [0, 0.1) is 0 Å². The summed E-state index contributed by atoms with van der Waals surface area (Å²) in [6.07, 6.45) is 5.33. The molecule has 2 aliphatic rings. The molecule has 1 saturated heterocycles. The van der Waals surface area contributed by atoms with Gasteiger partial charge in [-0.2, -0.15) is 0 Å². The van der Waals surface area contributed by atoms with Crippen molar-refractivity contribution in [2.75, 3.05) is 31.1 Å². The Morgan fingerprint density at radius 3 is 2.50 bits per heavy atom. The zero-order valence-electron chi connectivity index (χ0n) is 9.82. The van der Waals surface area contributed by atoms with Gasteiger partial charge in [0.25, 0.3) is 0 Å². The van der Waals surface area contributed by atoms with Gasteiger partial charge in [-0.1, -0.05) is 0 Å². The van der Waals surface area contributed by atoms with E-state index in [4.69, 9.17) is 5.73 Å². The molecule has 2 rings (SSSR count). The fraction of sp³-hybridized carbons (Fsp3) is 1.00. The van der Waals surface area contributed by atoms with Crippen molar-refractivity contribution in [3.8, 4) is 0 Å². The first kappa shape index (κ1) is 12.3. The highest BCUT2D eigenvalue weighted by Crippen LogP contribution is 2.32. The van der Waals surface area contributed by atoms with Crippen molar-refractivity contribution in [2.24, 2.45) is 5.73 Å². The molecule has 1 heterocycles. The number of hydrogen-bond donors (Lipinski definition) is 1. The Morgan fingerprint density at radius 1 is 1.12 bits per heavy atom. The van der Waals surface area contributed by atoms with Crippen LogP contribution in [0.5, 0.6) is 0 Å². The van der Waals surface area contributed by atoms with Gasteiger partial charge in [0.2, 0.25) is 0 Å². The van der Waals surface area contributed by atoms with Crippen LogP contribution in [0.1, 0.15) is 32.1 Å². The number of nitrogens with two attached hydrogens (primary N) is 1. The van der Waals surface area contributed by atoms with E-state index >= 15 is 0 Å². The molecule has 4 nitrogen and oxygen atoms in total. The second-order valence-corrected chi connectivity index (χ2v) is 7.62. The summed E-state index contributed by atoms with van der Waals surface area (Å²) >= 11 is 0. The molecule has 0 spiro atoms. The molecule has 94 valence electrons. The van der Waals surface area contributed by atoms with E-state index in [2.05, 4.69) is 4.90 Å². The van der Waals surface area contributed by atoms with Gasteiger partial charge in [0, 0.05) is 12.1 Å². The number of hydrogen-bond acceptors (Lipinski definition) is 4. The van der Waals surface area contributed by atoms with Crippen LogP contribution in [0.25, 0.3) is 0 Å². The van der Waals surface area contributed by atoms with Crippen molar-refractivity contribution in [1.82, 2.24) is 4.90 Å². The van der Waals surface area contributed by atoms with E-state index in [1.54, 1.807) is 0 Å². The van der Waals surface area contributed by atoms with E-state index in [0.29, 0.717) is 18.1 Å². The molecule has 0 amide bonds. The first-order chi connectivity index (χ1) is 7.49. The van der Waals surface area contributed by atoms with Crippen molar-refractivity contribution in [3.63, 3.8) is 0 Å². The number of sulfone groups is 1. The van der Waals surface area contributed by atoms with Crippen molar-refractivity contribution in [2.45, 2.75) is 37.6 Å². The van der Waals surface area contributed by atoms with E-state index in [0.717, 1.165) is 38.8 Å². The first-order valence-corrected chi connectivity index (χ1v) is 8.03. The van der Waals surface area contributed by atoms with Gasteiger partial charge < -0.3 is 10.6 Å². The largest absolute Gasteiger partial charge is 0.325 e. The van der Waals surface area contributed by atoms with Crippen molar-refractivity contribution in [1.29, 1.82) is 0 Å². The monoisotopic (exact) mass is 246 g/mol. The maximum absolute atomic E-state index is 11.4. The van der Waals surface area contributed by atoms with Crippen LogP contribution >= 0.6 is 0 Å². The summed E-state index contributed by atoms with van der Waals surface area (Å²) in [7, 11) is -2.77. The first-order valence-electron chi connectivity index (χ1n) is 6.21. The lowest BCUT2D eigenvalue weighted by molar-refractivity contribution is 0.186. The summed E-state index contributed by atoms with van der Waals surface area (Å²) in [6, 6.07) is 0. The minimum Gasteiger partial charge on any atom is -0.325 e.